The molecule has 0 saturated heterocycles. The van der Waals surface area contributed by atoms with Crippen molar-refractivity contribution < 1.29 is 19.4 Å². The number of fused-ring (bicyclic) bond motifs is 1. The average molecular weight is 391 g/mol. The summed E-state index contributed by atoms with van der Waals surface area (Å²) < 4.78 is 12.4. The molecule has 0 unspecified atom stereocenters. The number of halogens is 1. The first kappa shape index (κ1) is 17.1. The maximum Gasteiger partial charge on any atom is 0.178 e. The zero-order chi connectivity index (χ0) is 16.9. The highest BCUT2D eigenvalue weighted by Crippen LogP contribution is 2.31. The minimum Gasteiger partial charge on any atom is -0.482 e. The van der Waals surface area contributed by atoms with Crippen molar-refractivity contribution in [1.82, 2.24) is 0 Å². The molecular formula is C19H19BrO4. The smallest absolute Gasteiger partial charge is 0.178 e. The minimum atomic E-state index is -0.667. The topological polar surface area (TPSA) is 55.8 Å². The Hall–Kier alpha value is -1.69. The lowest BCUT2D eigenvalue weighted by atomic mass is 9.93. The molecule has 2 atom stereocenters. The van der Waals surface area contributed by atoms with E-state index < -0.39 is 6.10 Å². The van der Waals surface area contributed by atoms with E-state index in [1.807, 2.05) is 48.5 Å². The molecule has 0 radical (unpaired) electrons. The molecule has 0 spiro atoms. The van der Waals surface area contributed by atoms with Crippen LogP contribution < -0.4 is 4.74 Å². The van der Waals surface area contributed by atoms with Gasteiger partial charge >= 0.3 is 0 Å². The van der Waals surface area contributed by atoms with Crippen LogP contribution in [0.15, 0.2) is 53.0 Å². The number of aliphatic hydroxyl groups is 1. The second kappa shape index (κ2) is 7.92. The normalized spacial score (nSPS) is 17.9. The lowest BCUT2D eigenvalue weighted by molar-refractivity contribution is -0.131. The van der Waals surface area contributed by atoms with Crippen LogP contribution in [0.2, 0.25) is 0 Å². The Balaban J connectivity index is 1.63. The largest absolute Gasteiger partial charge is 0.482 e. The van der Waals surface area contributed by atoms with Gasteiger partial charge in [-0.3, -0.25) is 4.79 Å². The summed E-state index contributed by atoms with van der Waals surface area (Å²) in [6, 6.07) is 15.4. The van der Waals surface area contributed by atoms with Crippen molar-refractivity contribution >= 4 is 21.7 Å². The van der Waals surface area contributed by atoms with Gasteiger partial charge < -0.3 is 14.6 Å². The van der Waals surface area contributed by atoms with E-state index in [9.17, 15) is 9.90 Å². The number of hydrogen-bond donors (Lipinski definition) is 1. The molecule has 126 valence electrons. The Morgan fingerprint density at radius 2 is 2.04 bits per heavy atom. The maximum atomic E-state index is 12.4. The van der Waals surface area contributed by atoms with Gasteiger partial charge in [-0.05, 0) is 23.8 Å². The van der Waals surface area contributed by atoms with Crippen LogP contribution in [-0.2, 0) is 22.6 Å². The molecule has 2 aromatic rings. The summed E-state index contributed by atoms with van der Waals surface area (Å²) >= 11 is 3.40. The van der Waals surface area contributed by atoms with Gasteiger partial charge in [-0.15, -0.1) is 0 Å². The molecule has 1 N–H and O–H groups in total. The summed E-state index contributed by atoms with van der Waals surface area (Å²) in [6.45, 7) is 0.562. The zero-order valence-electron chi connectivity index (χ0n) is 13.2. The quantitative estimate of drug-likeness (QED) is 0.822. The van der Waals surface area contributed by atoms with Crippen LogP contribution in [0.25, 0.3) is 0 Å². The number of Topliss-reactive ketones (excluding diaryl/α,β-unsaturated/α-hetero) is 1. The molecule has 0 bridgehead atoms. The number of carbonyl (C=O) groups excluding carboxylic acids is 1. The van der Waals surface area contributed by atoms with Crippen molar-refractivity contribution in [1.29, 1.82) is 0 Å². The number of aliphatic hydroxyl groups excluding tert-OH is 1. The molecule has 4 nitrogen and oxygen atoms in total. The van der Waals surface area contributed by atoms with E-state index in [2.05, 4.69) is 15.9 Å². The molecule has 1 aliphatic heterocycles. The predicted molar refractivity (Wildman–Crippen MR) is 93.9 cm³/mol. The molecule has 0 aliphatic carbocycles. The fraction of sp³-hybridized carbons (Fsp3) is 0.316. The third-order valence-electron chi connectivity index (χ3n) is 4.06. The van der Waals surface area contributed by atoms with Gasteiger partial charge in [0.05, 0.1) is 19.8 Å². The molecule has 0 aromatic heterocycles. The average Bonchev–Trinajstić information content (AvgIpc) is 2.59. The van der Waals surface area contributed by atoms with Gasteiger partial charge in [0.25, 0.3) is 0 Å². The Morgan fingerprint density at radius 3 is 2.79 bits per heavy atom. The first-order valence-electron chi connectivity index (χ1n) is 7.87. The van der Waals surface area contributed by atoms with Crippen LogP contribution in [0.5, 0.6) is 5.75 Å². The van der Waals surface area contributed by atoms with Crippen LogP contribution in [-0.4, -0.2) is 30.2 Å². The van der Waals surface area contributed by atoms with Crippen LogP contribution >= 0.6 is 15.9 Å². The summed E-state index contributed by atoms with van der Waals surface area (Å²) in [6.07, 6.45) is -0.353. The van der Waals surface area contributed by atoms with Crippen molar-refractivity contribution in [3.63, 3.8) is 0 Å². The van der Waals surface area contributed by atoms with Crippen LogP contribution in [0.4, 0.5) is 0 Å². The van der Waals surface area contributed by atoms with Gasteiger partial charge in [-0.25, -0.2) is 0 Å². The number of carbonyl (C=O) groups is 1. The number of ether oxygens (including phenoxy) is 2. The molecule has 0 fully saturated rings. The van der Waals surface area contributed by atoms with Gasteiger partial charge in [0, 0.05) is 22.4 Å². The van der Waals surface area contributed by atoms with E-state index in [4.69, 9.17) is 9.47 Å². The number of ketones is 1. The second-order valence-electron chi connectivity index (χ2n) is 5.88. The summed E-state index contributed by atoms with van der Waals surface area (Å²) in [7, 11) is 0. The van der Waals surface area contributed by atoms with Crippen molar-refractivity contribution in [3.05, 3.63) is 64.1 Å². The van der Waals surface area contributed by atoms with Crippen molar-refractivity contribution in [3.8, 4) is 5.75 Å². The van der Waals surface area contributed by atoms with Crippen molar-refractivity contribution in [2.24, 2.45) is 5.92 Å². The molecule has 5 heteroatoms. The van der Waals surface area contributed by atoms with E-state index in [1.165, 1.54) is 0 Å². The molecule has 1 heterocycles. The molecule has 1 aliphatic rings. The van der Waals surface area contributed by atoms with E-state index in [-0.39, 0.29) is 24.9 Å². The highest BCUT2D eigenvalue weighted by molar-refractivity contribution is 9.10. The van der Waals surface area contributed by atoms with E-state index in [0.29, 0.717) is 18.8 Å². The Morgan fingerprint density at radius 1 is 1.25 bits per heavy atom. The fourth-order valence-electron chi connectivity index (χ4n) is 2.79. The molecule has 0 saturated carbocycles. The van der Waals surface area contributed by atoms with Gasteiger partial charge in [0.1, 0.15) is 5.75 Å². The fourth-order valence-corrected chi connectivity index (χ4v) is 3.20. The third-order valence-corrected chi connectivity index (χ3v) is 4.56. The molecule has 0 amide bonds. The molecule has 3 rings (SSSR count). The SMILES string of the molecule is O=C1Cc2cc(Br)ccc2O[C@H]1[C@@H](CO)COCc1ccccc1. The highest BCUT2D eigenvalue weighted by Gasteiger charge is 2.34. The standard InChI is InChI=1S/C19H19BrO4/c20-16-6-7-18-14(8-16)9-17(22)19(24-18)15(10-21)12-23-11-13-4-2-1-3-5-13/h1-8,15,19,21H,9-12H2/t15-,19-/m0/s1. The van der Waals surface area contributed by atoms with Gasteiger partial charge in [0.15, 0.2) is 11.9 Å². The molecule has 2 aromatic carbocycles. The molecule has 24 heavy (non-hydrogen) atoms. The lowest BCUT2D eigenvalue weighted by Crippen LogP contribution is -2.43. The van der Waals surface area contributed by atoms with Crippen LogP contribution in [0.3, 0.4) is 0 Å². The van der Waals surface area contributed by atoms with E-state index in [0.717, 1.165) is 15.6 Å². The van der Waals surface area contributed by atoms with Crippen LogP contribution in [0, 0.1) is 5.92 Å². The number of benzene rings is 2. The Kier molecular flexibility index (Phi) is 5.66. The molecular weight excluding hydrogens is 372 g/mol. The summed E-state index contributed by atoms with van der Waals surface area (Å²) in [5.74, 6) is 0.297. The first-order valence-corrected chi connectivity index (χ1v) is 8.67. The zero-order valence-corrected chi connectivity index (χ0v) is 14.7. The maximum absolute atomic E-state index is 12.4. The highest BCUT2D eigenvalue weighted by atomic mass is 79.9. The van der Waals surface area contributed by atoms with Crippen LogP contribution in [0.1, 0.15) is 11.1 Å². The van der Waals surface area contributed by atoms with Crippen molar-refractivity contribution in [2.45, 2.75) is 19.1 Å². The van der Waals surface area contributed by atoms with E-state index in [1.54, 1.807) is 0 Å². The summed E-state index contributed by atoms with van der Waals surface area (Å²) in [5.41, 5.74) is 1.92. The Bertz CT molecular complexity index is 702. The minimum absolute atomic E-state index is 0.0250. The summed E-state index contributed by atoms with van der Waals surface area (Å²) in [5, 5.41) is 9.67. The monoisotopic (exact) mass is 390 g/mol. The number of rotatable bonds is 6. The van der Waals surface area contributed by atoms with Crippen molar-refractivity contribution in [2.75, 3.05) is 13.2 Å². The second-order valence-corrected chi connectivity index (χ2v) is 6.79. The van der Waals surface area contributed by atoms with Gasteiger partial charge in [-0.1, -0.05) is 46.3 Å². The van der Waals surface area contributed by atoms with Gasteiger partial charge in [0.2, 0.25) is 0 Å². The summed E-state index contributed by atoms with van der Waals surface area (Å²) in [4.78, 5) is 12.4. The lowest BCUT2D eigenvalue weighted by Gasteiger charge is -2.30. The third kappa shape index (κ3) is 4.04. The van der Waals surface area contributed by atoms with E-state index >= 15 is 0 Å². The number of hydrogen-bond acceptors (Lipinski definition) is 4. The van der Waals surface area contributed by atoms with Gasteiger partial charge in [-0.2, -0.15) is 0 Å². The predicted octanol–water partition coefficient (Wildman–Crippen LogP) is 3.15. The first-order chi connectivity index (χ1) is 11.7. The Labute approximate surface area is 149 Å².